The zero-order chi connectivity index (χ0) is 20.2. The highest BCUT2D eigenvalue weighted by Crippen LogP contribution is 2.65. The van der Waals surface area contributed by atoms with Crippen LogP contribution in [0.4, 0.5) is 0 Å². The van der Waals surface area contributed by atoms with Crippen molar-refractivity contribution in [1.82, 2.24) is 9.27 Å². The number of rotatable bonds is 5. The summed E-state index contributed by atoms with van der Waals surface area (Å²) in [7, 11) is 0. The highest BCUT2D eigenvalue weighted by molar-refractivity contribution is 7.08. The van der Waals surface area contributed by atoms with Gasteiger partial charge in [-0.1, -0.05) is 48.0 Å². The Labute approximate surface area is 177 Å². The van der Waals surface area contributed by atoms with Gasteiger partial charge in [0, 0.05) is 11.2 Å². The summed E-state index contributed by atoms with van der Waals surface area (Å²) >= 11 is 7.43. The largest absolute Gasteiger partial charge is 0.368 e. The van der Waals surface area contributed by atoms with Gasteiger partial charge < -0.3 is 10.6 Å². The molecular weight excluding hydrogens is 406 g/mol. The summed E-state index contributed by atoms with van der Waals surface area (Å²) in [5.41, 5.74) is 8.21. The normalized spacial score (nSPS) is 22.4. The maximum absolute atomic E-state index is 13.7. The van der Waals surface area contributed by atoms with Crippen molar-refractivity contribution in [2.45, 2.75) is 24.4 Å². The second kappa shape index (κ2) is 6.68. The van der Waals surface area contributed by atoms with Gasteiger partial charge in [0.15, 0.2) is 0 Å². The fourth-order valence-corrected chi connectivity index (χ4v) is 5.46. The van der Waals surface area contributed by atoms with Crippen LogP contribution in [0.15, 0.2) is 60.8 Å². The Hall–Kier alpha value is -2.70. The molecule has 2 aliphatic rings. The van der Waals surface area contributed by atoms with Crippen molar-refractivity contribution in [2.75, 3.05) is 0 Å². The summed E-state index contributed by atoms with van der Waals surface area (Å²) in [6.07, 6.45) is 3.25. The third-order valence-corrected chi connectivity index (χ3v) is 6.99. The minimum absolute atomic E-state index is 0.226. The minimum Gasteiger partial charge on any atom is -0.368 e. The van der Waals surface area contributed by atoms with Gasteiger partial charge >= 0.3 is 0 Å². The van der Waals surface area contributed by atoms with Gasteiger partial charge in [0.25, 0.3) is 5.91 Å². The zero-order valence-corrected chi connectivity index (χ0v) is 17.0. The lowest BCUT2D eigenvalue weighted by atomic mass is 9.96. The van der Waals surface area contributed by atoms with Gasteiger partial charge in [-0.25, -0.2) is 4.37 Å². The van der Waals surface area contributed by atoms with E-state index in [1.807, 2.05) is 48.5 Å². The summed E-state index contributed by atoms with van der Waals surface area (Å²) in [6.45, 7) is 0. The maximum Gasteiger partial charge on any atom is 0.267 e. The van der Waals surface area contributed by atoms with E-state index in [4.69, 9.17) is 17.3 Å². The molecule has 1 aromatic heterocycles. The molecule has 2 aliphatic carbocycles. The molecule has 5 nitrogen and oxygen atoms in total. The van der Waals surface area contributed by atoms with E-state index in [1.165, 1.54) is 5.56 Å². The Morgan fingerprint density at radius 3 is 2.69 bits per heavy atom. The molecule has 1 heterocycles. The monoisotopic (exact) mass is 423 g/mol. The molecule has 0 saturated heterocycles. The first-order valence-corrected chi connectivity index (χ1v) is 10.5. The summed E-state index contributed by atoms with van der Waals surface area (Å²) in [5.74, 6) is -0.529. The lowest BCUT2D eigenvalue weighted by Crippen LogP contribution is -2.48. The summed E-state index contributed by atoms with van der Waals surface area (Å²) in [5, 5.41) is 0.621. The number of fused-ring (bicyclic) bond motifs is 3. The lowest BCUT2D eigenvalue weighted by molar-refractivity contribution is -0.123. The van der Waals surface area contributed by atoms with Crippen molar-refractivity contribution in [3.05, 3.63) is 87.4 Å². The number of carbonyl (C=O) groups excluding carboxylic acids is 2. The molecule has 3 atom stereocenters. The molecule has 3 aromatic rings. The van der Waals surface area contributed by atoms with Crippen LogP contribution in [-0.4, -0.2) is 21.1 Å². The molecule has 2 amide bonds. The van der Waals surface area contributed by atoms with E-state index in [1.54, 1.807) is 17.2 Å². The third-order valence-electron chi connectivity index (χ3n) is 6.02. The van der Waals surface area contributed by atoms with Crippen LogP contribution in [-0.2, 0) is 16.8 Å². The zero-order valence-electron chi connectivity index (χ0n) is 15.4. The molecule has 2 aromatic carbocycles. The van der Waals surface area contributed by atoms with Gasteiger partial charge in [-0.05, 0) is 65.2 Å². The van der Waals surface area contributed by atoms with Crippen LogP contribution >= 0.6 is 23.1 Å². The van der Waals surface area contributed by atoms with E-state index in [9.17, 15) is 9.59 Å². The van der Waals surface area contributed by atoms with E-state index < -0.39 is 17.5 Å². The summed E-state index contributed by atoms with van der Waals surface area (Å²) < 4.78 is 4.08. The van der Waals surface area contributed by atoms with E-state index in [0.717, 1.165) is 29.9 Å². The van der Waals surface area contributed by atoms with E-state index in [0.29, 0.717) is 15.5 Å². The second-order valence-corrected chi connectivity index (χ2v) is 8.87. The van der Waals surface area contributed by atoms with Crippen molar-refractivity contribution in [3.63, 3.8) is 0 Å². The molecule has 0 aliphatic heterocycles. The van der Waals surface area contributed by atoms with Crippen molar-refractivity contribution in [2.24, 2.45) is 11.7 Å². The minimum atomic E-state index is -0.874. The van der Waals surface area contributed by atoms with Gasteiger partial charge in [-0.3, -0.25) is 9.59 Å². The van der Waals surface area contributed by atoms with E-state index in [2.05, 4.69) is 4.37 Å². The second-order valence-electron chi connectivity index (χ2n) is 7.60. The number of hydrogen-bond donors (Lipinski definition) is 1. The number of amides is 2. The van der Waals surface area contributed by atoms with Crippen molar-refractivity contribution < 1.29 is 9.59 Å². The van der Waals surface area contributed by atoms with Gasteiger partial charge in [0.2, 0.25) is 5.91 Å². The number of nitrogens with zero attached hydrogens (tertiary/aromatic N) is 2. The van der Waals surface area contributed by atoms with Crippen LogP contribution in [0, 0.1) is 5.92 Å². The number of primary amides is 1. The Bertz CT molecular complexity index is 1100. The Kier molecular flexibility index (Phi) is 4.22. The average Bonchev–Trinajstić information content (AvgIpc) is 3.05. The predicted molar refractivity (Wildman–Crippen MR) is 112 cm³/mol. The first-order chi connectivity index (χ1) is 14.0. The van der Waals surface area contributed by atoms with E-state index >= 15 is 0 Å². The van der Waals surface area contributed by atoms with Gasteiger partial charge in [-0.2, -0.15) is 0 Å². The lowest BCUT2D eigenvalue weighted by Gasteiger charge is -2.37. The summed E-state index contributed by atoms with van der Waals surface area (Å²) in [6, 6.07) is 15.9. The molecule has 5 rings (SSSR count). The van der Waals surface area contributed by atoms with Gasteiger partial charge in [0.1, 0.15) is 10.9 Å². The number of benzene rings is 2. The molecule has 0 spiro atoms. The quantitative estimate of drug-likeness (QED) is 0.675. The molecule has 1 saturated carbocycles. The molecule has 0 bridgehead atoms. The van der Waals surface area contributed by atoms with Crippen LogP contribution < -0.4 is 5.73 Å². The number of hydrogen-bond acceptors (Lipinski definition) is 4. The Morgan fingerprint density at radius 2 is 2.00 bits per heavy atom. The number of nitrogens with two attached hydrogens (primary N) is 1. The Balaban J connectivity index is 1.70. The molecule has 0 radical (unpaired) electrons. The van der Waals surface area contributed by atoms with Gasteiger partial charge in [-0.15, -0.1) is 0 Å². The van der Waals surface area contributed by atoms with Crippen LogP contribution in [0.3, 0.4) is 0 Å². The van der Waals surface area contributed by atoms with E-state index in [-0.39, 0.29) is 11.8 Å². The van der Waals surface area contributed by atoms with Crippen molar-refractivity contribution in [3.8, 4) is 0 Å². The van der Waals surface area contributed by atoms with Crippen LogP contribution in [0.5, 0.6) is 0 Å². The SMILES string of the molecule is NC(=O)[C@@H](c1ccccc1)N(C(=O)c1ccns1)C12CC1Cc1ccc(Cl)cc12. The molecule has 2 unspecified atom stereocenters. The molecule has 1 fully saturated rings. The maximum atomic E-state index is 13.7. The predicted octanol–water partition coefficient (Wildman–Crippen LogP) is 3.94. The number of carbonyl (C=O) groups is 2. The first-order valence-electron chi connectivity index (χ1n) is 9.40. The molecule has 2 N–H and O–H groups in total. The topological polar surface area (TPSA) is 76.3 Å². The fourth-order valence-electron chi connectivity index (χ4n) is 4.76. The number of aromatic nitrogens is 1. The van der Waals surface area contributed by atoms with Gasteiger partial charge in [0.05, 0.1) is 5.54 Å². The van der Waals surface area contributed by atoms with Crippen LogP contribution in [0.25, 0.3) is 0 Å². The summed E-state index contributed by atoms with van der Waals surface area (Å²) in [4.78, 5) is 28.6. The standard InChI is InChI=1S/C22H18ClN3O2S/c23-16-7-6-14-10-15-12-22(15,17(14)11-16)26(21(28)18-8-9-25-29-18)19(20(24)27)13-4-2-1-3-5-13/h1-9,11,15,19H,10,12H2,(H2,24,27)/t15?,19-,22?/m1/s1. The molecular formula is C22H18ClN3O2S. The highest BCUT2D eigenvalue weighted by atomic mass is 35.5. The first kappa shape index (κ1) is 18.3. The smallest absolute Gasteiger partial charge is 0.267 e. The average molecular weight is 424 g/mol. The van der Waals surface area contributed by atoms with Crippen LogP contribution in [0.1, 0.15) is 38.8 Å². The number of halogens is 1. The van der Waals surface area contributed by atoms with Crippen LogP contribution in [0.2, 0.25) is 5.02 Å². The molecule has 146 valence electrons. The Morgan fingerprint density at radius 1 is 1.21 bits per heavy atom. The fraction of sp³-hybridized carbons (Fsp3) is 0.227. The molecule has 29 heavy (non-hydrogen) atoms. The van der Waals surface area contributed by atoms with Crippen molar-refractivity contribution >= 4 is 34.9 Å². The highest BCUT2D eigenvalue weighted by Gasteiger charge is 2.66. The third kappa shape index (κ3) is 2.78. The molecule has 7 heteroatoms. The van der Waals surface area contributed by atoms with Crippen molar-refractivity contribution in [1.29, 1.82) is 0 Å².